The van der Waals surface area contributed by atoms with E-state index >= 15 is 0 Å². The van der Waals surface area contributed by atoms with Crippen LogP contribution in [0.2, 0.25) is 14.3 Å². The predicted molar refractivity (Wildman–Crippen MR) is 73.3 cm³/mol. The second-order valence-electron chi connectivity index (χ2n) is 4.84. The fraction of sp³-hybridized carbons (Fsp3) is 0.500. The SMILES string of the molecule is [CH3][Sn]([CH3])[CH2]CCOc1ccc2c(c1)OCCC2=O. The Kier molecular flexibility index (Phi) is 4.92. The van der Waals surface area contributed by atoms with E-state index in [9.17, 15) is 4.79 Å². The van der Waals surface area contributed by atoms with Gasteiger partial charge >= 0.3 is 115 Å². The van der Waals surface area contributed by atoms with Crippen molar-refractivity contribution in [2.75, 3.05) is 13.2 Å². The molecule has 0 unspecified atom stereocenters. The molecule has 97 valence electrons. The van der Waals surface area contributed by atoms with E-state index in [0.717, 1.165) is 18.8 Å². The summed E-state index contributed by atoms with van der Waals surface area (Å²) in [7, 11) is 0. The van der Waals surface area contributed by atoms with Gasteiger partial charge in [-0.3, -0.25) is 0 Å². The average Bonchev–Trinajstić information content (AvgIpc) is 2.35. The Balaban J connectivity index is 1.92. The van der Waals surface area contributed by atoms with Gasteiger partial charge in [0.1, 0.15) is 0 Å². The monoisotopic (exact) mass is 355 g/mol. The van der Waals surface area contributed by atoms with E-state index < -0.39 is 19.8 Å². The minimum absolute atomic E-state index is 0.163. The van der Waals surface area contributed by atoms with Crippen molar-refractivity contribution >= 4 is 25.5 Å². The van der Waals surface area contributed by atoms with Crippen LogP contribution in [0.3, 0.4) is 0 Å². The molecule has 0 spiro atoms. The van der Waals surface area contributed by atoms with Crippen molar-refractivity contribution in [2.45, 2.75) is 27.2 Å². The number of ether oxygens (including phenoxy) is 2. The van der Waals surface area contributed by atoms with Gasteiger partial charge < -0.3 is 0 Å². The predicted octanol–water partition coefficient (Wildman–Crippen LogP) is 3.18. The second-order valence-corrected chi connectivity index (χ2v) is 13.2. The Hall–Kier alpha value is -0.711. The molecule has 0 aromatic heterocycles. The normalized spacial score (nSPS) is 14.3. The number of carbonyl (C=O) groups is 1. The second kappa shape index (κ2) is 6.45. The third kappa shape index (κ3) is 3.64. The summed E-state index contributed by atoms with van der Waals surface area (Å²) in [6.45, 7) is 1.25. The molecule has 0 saturated heterocycles. The van der Waals surface area contributed by atoms with Gasteiger partial charge in [0, 0.05) is 0 Å². The zero-order valence-corrected chi connectivity index (χ0v) is 13.8. The number of ketones is 1. The van der Waals surface area contributed by atoms with Crippen molar-refractivity contribution in [3.63, 3.8) is 0 Å². The molecule has 0 N–H and O–H groups in total. The molecule has 0 aliphatic carbocycles. The van der Waals surface area contributed by atoms with Gasteiger partial charge in [-0.15, -0.1) is 0 Å². The Morgan fingerprint density at radius 3 is 3.00 bits per heavy atom. The van der Waals surface area contributed by atoms with Crippen LogP contribution in [0.25, 0.3) is 0 Å². The van der Waals surface area contributed by atoms with E-state index in [1.54, 1.807) is 0 Å². The number of benzene rings is 1. The molecule has 2 rings (SSSR count). The Morgan fingerprint density at radius 1 is 1.39 bits per heavy atom. The van der Waals surface area contributed by atoms with Crippen LogP contribution in [0, 0.1) is 0 Å². The summed E-state index contributed by atoms with van der Waals surface area (Å²) in [6, 6.07) is 5.51. The summed E-state index contributed by atoms with van der Waals surface area (Å²) in [5.41, 5.74) is 0.686. The molecular formula is C14H19O3Sn. The summed E-state index contributed by atoms with van der Waals surface area (Å²) in [6.07, 6.45) is 1.62. The summed E-state index contributed by atoms with van der Waals surface area (Å²) < 4.78 is 12.5. The third-order valence-electron chi connectivity index (χ3n) is 2.93. The van der Waals surface area contributed by atoms with Crippen LogP contribution in [0.1, 0.15) is 23.2 Å². The molecule has 1 aliphatic heterocycles. The van der Waals surface area contributed by atoms with Crippen molar-refractivity contribution in [1.29, 1.82) is 0 Å². The van der Waals surface area contributed by atoms with Gasteiger partial charge in [-0.25, -0.2) is 0 Å². The van der Waals surface area contributed by atoms with Crippen molar-refractivity contribution in [3.8, 4) is 11.5 Å². The van der Waals surface area contributed by atoms with Crippen LogP contribution in [0.4, 0.5) is 0 Å². The Morgan fingerprint density at radius 2 is 2.22 bits per heavy atom. The first-order valence-corrected chi connectivity index (χ1v) is 14.1. The van der Waals surface area contributed by atoms with Gasteiger partial charge in [0.05, 0.1) is 0 Å². The summed E-state index contributed by atoms with van der Waals surface area (Å²) in [4.78, 5) is 16.4. The molecular weight excluding hydrogens is 335 g/mol. The number of Topliss-reactive ketones (excluding diaryl/α,β-unsaturated/α-hetero) is 1. The molecule has 0 amide bonds. The zero-order chi connectivity index (χ0) is 13.0. The first-order chi connectivity index (χ1) is 8.66. The van der Waals surface area contributed by atoms with Gasteiger partial charge in [-0.1, -0.05) is 0 Å². The summed E-state index contributed by atoms with van der Waals surface area (Å²) in [5, 5.41) is 0. The Bertz CT molecular complexity index is 429. The van der Waals surface area contributed by atoms with Gasteiger partial charge in [-0.2, -0.15) is 0 Å². The number of hydrogen-bond acceptors (Lipinski definition) is 3. The molecule has 1 heterocycles. The number of fused-ring (bicyclic) bond motifs is 1. The fourth-order valence-electron chi connectivity index (χ4n) is 1.95. The topological polar surface area (TPSA) is 35.5 Å². The number of hydrogen-bond donors (Lipinski definition) is 0. The molecule has 1 aromatic carbocycles. The van der Waals surface area contributed by atoms with Crippen LogP contribution in [0.5, 0.6) is 11.5 Å². The van der Waals surface area contributed by atoms with E-state index in [-0.39, 0.29) is 5.78 Å². The molecule has 0 bridgehead atoms. The molecule has 0 atom stereocenters. The summed E-state index contributed by atoms with van der Waals surface area (Å²) in [5.74, 6) is 1.64. The molecule has 4 heteroatoms. The molecule has 0 saturated carbocycles. The van der Waals surface area contributed by atoms with Crippen molar-refractivity contribution in [3.05, 3.63) is 23.8 Å². The van der Waals surface area contributed by atoms with Gasteiger partial charge in [-0.05, 0) is 0 Å². The van der Waals surface area contributed by atoms with E-state index in [1.807, 2.05) is 18.2 Å². The molecule has 3 nitrogen and oxygen atoms in total. The maximum atomic E-state index is 11.6. The number of rotatable bonds is 5. The quantitative estimate of drug-likeness (QED) is 0.602. The first kappa shape index (κ1) is 13.7. The van der Waals surface area contributed by atoms with Gasteiger partial charge in [0.25, 0.3) is 0 Å². The first-order valence-electron chi connectivity index (χ1n) is 6.38. The van der Waals surface area contributed by atoms with E-state index in [1.165, 1.54) is 4.44 Å². The van der Waals surface area contributed by atoms with Crippen molar-refractivity contribution in [2.24, 2.45) is 0 Å². The van der Waals surface area contributed by atoms with E-state index in [4.69, 9.17) is 9.47 Å². The third-order valence-corrected chi connectivity index (χ3v) is 6.79. The van der Waals surface area contributed by atoms with E-state index in [0.29, 0.717) is 24.3 Å². The fourth-order valence-corrected chi connectivity index (χ4v) is 4.38. The van der Waals surface area contributed by atoms with Gasteiger partial charge in [0.2, 0.25) is 0 Å². The van der Waals surface area contributed by atoms with Crippen molar-refractivity contribution < 1.29 is 14.3 Å². The molecule has 0 fully saturated rings. The van der Waals surface area contributed by atoms with Crippen molar-refractivity contribution in [1.82, 2.24) is 0 Å². The van der Waals surface area contributed by atoms with Crippen LogP contribution in [-0.2, 0) is 0 Å². The Labute approximate surface area is 115 Å². The summed E-state index contributed by atoms with van der Waals surface area (Å²) >= 11 is -0.965. The van der Waals surface area contributed by atoms with Gasteiger partial charge in [0.15, 0.2) is 0 Å². The molecule has 18 heavy (non-hydrogen) atoms. The molecule has 1 radical (unpaired) electrons. The zero-order valence-electron chi connectivity index (χ0n) is 11.0. The molecule has 1 aliphatic rings. The van der Waals surface area contributed by atoms with Crippen LogP contribution >= 0.6 is 0 Å². The van der Waals surface area contributed by atoms with Crippen LogP contribution in [0.15, 0.2) is 18.2 Å². The average molecular weight is 354 g/mol. The molecule has 1 aromatic rings. The number of carbonyl (C=O) groups excluding carboxylic acids is 1. The van der Waals surface area contributed by atoms with Crippen LogP contribution in [-0.4, -0.2) is 38.8 Å². The standard InChI is InChI=1S/C12H13O3.2CH3.Sn/c1-2-6-14-9-3-4-10-11(13)5-7-15-12(10)8-9;;;/h3-4,8H,1-2,5-7H2;2*1H3;. The van der Waals surface area contributed by atoms with E-state index in [2.05, 4.69) is 9.88 Å². The maximum absolute atomic E-state index is 11.6. The van der Waals surface area contributed by atoms with Crippen LogP contribution < -0.4 is 9.47 Å². The minimum atomic E-state index is -0.965.